The molecular formula is C14H9ClF3N3. The van der Waals surface area contributed by atoms with Crippen LogP contribution in [0.25, 0.3) is 0 Å². The van der Waals surface area contributed by atoms with Gasteiger partial charge in [-0.05, 0) is 29.8 Å². The normalized spacial score (nSPS) is 11.0. The Morgan fingerprint density at radius 2 is 1.86 bits per heavy atom. The molecule has 0 unspecified atom stereocenters. The number of nitriles is 1. The first-order valence-electron chi connectivity index (χ1n) is 5.86. The minimum absolute atomic E-state index is 0.00265. The molecule has 0 aliphatic rings. The van der Waals surface area contributed by atoms with Crippen LogP contribution in [-0.4, -0.2) is 4.98 Å². The smallest absolute Gasteiger partial charge is 0.340 e. The van der Waals surface area contributed by atoms with E-state index < -0.39 is 11.7 Å². The molecular weight excluding hydrogens is 303 g/mol. The van der Waals surface area contributed by atoms with Crippen molar-refractivity contribution in [3.8, 4) is 6.07 Å². The van der Waals surface area contributed by atoms with Gasteiger partial charge >= 0.3 is 6.18 Å². The number of benzene rings is 1. The predicted octanol–water partition coefficient (Wildman–Crippen LogP) is 4.56. The van der Waals surface area contributed by atoms with Gasteiger partial charge in [-0.1, -0.05) is 23.7 Å². The average molecular weight is 312 g/mol. The van der Waals surface area contributed by atoms with Crippen LogP contribution < -0.4 is 5.32 Å². The molecule has 108 valence electrons. The van der Waals surface area contributed by atoms with Crippen molar-refractivity contribution >= 4 is 23.1 Å². The summed E-state index contributed by atoms with van der Waals surface area (Å²) in [4.78, 5) is 3.80. The Morgan fingerprint density at radius 3 is 2.43 bits per heavy atom. The van der Waals surface area contributed by atoms with Gasteiger partial charge in [0.25, 0.3) is 0 Å². The van der Waals surface area contributed by atoms with Crippen LogP contribution in [0.15, 0.2) is 36.4 Å². The van der Waals surface area contributed by atoms with Crippen LogP contribution >= 0.6 is 11.6 Å². The zero-order valence-electron chi connectivity index (χ0n) is 10.6. The zero-order chi connectivity index (χ0) is 15.5. The second-order valence-corrected chi connectivity index (χ2v) is 4.61. The molecule has 1 heterocycles. The van der Waals surface area contributed by atoms with Gasteiger partial charge in [-0.15, -0.1) is 0 Å². The molecule has 21 heavy (non-hydrogen) atoms. The van der Waals surface area contributed by atoms with E-state index in [1.807, 2.05) is 6.07 Å². The van der Waals surface area contributed by atoms with E-state index in [0.717, 1.165) is 17.7 Å². The summed E-state index contributed by atoms with van der Waals surface area (Å²) in [7, 11) is 0. The van der Waals surface area contributed by atoms with Crippen molar-refractivity contribution < 1.29 is 13.2 Å². The van der Waals surface area contributed by atoms with Crippen molar-refractivity contribution in [1.82, 2.24) is 4.98 Å². The van der Waals surface area contributed by atoms with E-state index in [4.69, 9.17) is 16.9 Å². The number of halogens is 4. The van der Waals surface area contributed by atoms with Crippen LogP contribution in [0.5, 0.6) is 0 Å². The van der Waals surface area contributed by atoms with Crippen LogP contribution in [-0.2, 0) is 12.6 Å². The summed E-state index contributed by atoms with van der Waals surface area (Å²) in [6, 6.07) is 10.4. The number of nitrogens with zero attached hydrogens (tertiary/aromatic N) is 2. The van der Waals surface area contributed by atoms with Crippen molar-refractivity contribution in [3.05, 3.63) is 52.7 Å². The number of hydrogen-bond donors (Lipinski definition) is 1. The monoisotopic (exact) mass is 311 g/mol. The van der Waals surface area contributed by atoms with Gasteiger partial charge < -0.3 is 5.32 Å². The van der Waals surface area contributed by atoms with Gasteiger partial charge in [0, 0.05) is 5.69 Å². The molecule has 0 saturated carbocycles. The Bertz CT molecular complexity index is 675. The molecule has 0 atom stereocenters. The molecule has 0 saturated heterocycles. The zero-order valence-corrected chi connectivity index (χ0v) is 11.3. The highest BCUT2D eigenvalue weighted by Gasteiger charge is 2.31. The molecule has 0 amide bonds. The molecule has 3 nitrogen and oxygen atoms in total. The number of pyridine rings is 1. The summed E-state index contributed by atoms with van der Waals surface area (Å²) in [5.41, 5.74) is 0.503. The van der Waals surface area contributed by atoms with E-state index in [9.17, 15) is 13.2 Å². The fraction of sp³-hybridized carbons (Fsp3) is 0.143. The first-order chi connectivity index (χ1) is 9.88. The number of aromatic nitrogens is 1. The summed E-state index contributed by atoms with van der Waals surface area (Å²) in [6.45, 7) is 0. The molecule has 0 aliphatic carbocycles. The molecule has 1 N–H and O–H groups in total. The third kappa shape index (κ3) is 4.10. The maximum atomic E-state index is 12.7. The molecule has 0 fully saturated rings. The average Bonchev–Trinajstić information content (AvgIpc) is 2.40. The van der Waals surface area contributed by atoms with Crippen LogP contribution in [0.2, 0.25) is 5.15 Å². The highest BCUT2D eigenvalue weighted by atomic mass is 35.5. The summed E-state index contributed by atoms with van der Waals surface area (Å²) in [6.07, 6.45) is -4.21. The number of hydrogen-bond acceptors (Lipinski definition) is 3. The lowest BCUT2D eigenvalue weighted by Crippen LogP contribution is -2.06. The molecule has 0 bridgehead atoms. The van der Waals surface area contributed by atoms with Crippen LogP contribution in [0.4, 0.5) is 24.7 Å². The Hall–Kier alpha value is -2.26. The second-order valence-electron chi connectivity index (χ2n) is 4.22. The SMILES string of the molecule is N#CCc1ccc(Nc2cc(C(F)(F)F)cc(Cl)n2)cc1. The Morgan fingerprint density at radius 1 is 1.19 bits per heavy atom. The molecule has 2 aromatic rings. The van der Waals surface area contributed by atoms with E-state index in [1.165, 1.54) is 0 Å². The first-order valence-corrected chi connectivity index (χ1v) is 6.24. The van der Waals surface area contributed by atoms with E-state index in [1.54, 1.807) is 24.3 Å². The number of alkyl halides is 3. The van der Waals surface area contributed by atoms with Crippen molar-refractivity contribution in [2.24, 2.45) is 0 Å². The largest absolute Gasteiger partial charge is 0.416 e. The van der Waals surface area contributed by atoms with E-state index in [-0.39, 0.29) is 17.4 Å². The minimum Gasteiger partial charge on any atom is -0.340 e. The highest BCUT2D eigenvalue weighted by molar-refractivity contribution is 6.29. The topological polar surface area (TPSA) is 48.7 Å². The fourth-order valence-corrected chi connectivity index (χ4v) is 1.88. The molecule has 0 radical (unpaired) electrons. The van der Waals surface area contributed by atoms with E-state index >= 15 is 0 Å². The van der Waals surface area contributed by atoms with E-state index in [0.29, 0.717) is 5.69 Å². The van der Waals surface area contributed by atoms with Gasteiger partial charge in [-0.3, -0.25) is 0 Å². The van der Waals surface area contributed by atoms with Gasteiger partial charge in [0.1, 0.15) is 11.0 Å². The lowest BCUT2D eigenvalue weighted by molar-refractivity contribution is -0.137. The number of anilines is 2. The Labute approximate surface area is 124 Å². The van der Waals surface area contributed by atoms with Gasteiger partial charge in [0.05, 0.1) is 18.1 Å². The van der Waals surface area contributed by atoms with Gasteiger partial charge in [-0.2, -0.15) is 18.4 Å². The summed E-state index contributed by atoms with van der Waals surface area (Å²) >= 11 is 5.60. The van der Waals surface area contributed by atoms with Crippen LogP contribution in [0, 0.1) is 11.3 Å². The second kappa shape index (κ2) is 6.02. The number of rotatable bonds is 3. The molecule has 0 aliphatic heterocycles. The maximum Gasteiger partial charge on any atom is 0.416 e. The minimum atomic E-state index is -4.49. The lowest BCUT2D eigenvalue weighted by Gasteiger charge is -2.11. The predicted molar refractivity (Wildman–Crippen MR) is 73.3 cm³/mol. The quantitative estimate of drug-likeness (QED) is 0.845. The molecule has 0 spiro atoms. The van der Waals surface area contributed by atoms with Gasteiger partial charge in [0.2, 0.25) is 0 Å². The maximum absolute atomic E-state index is 12.7. The van der Waals surface area contributed by atoms with Crippen molar-refractivity contribution in [3.63, 3.8) is 0 Å². The third-order valence-electron chi connectivity index (χ3n) is 2.63. The standard InChI is InChI=1S/C14H9ClF3N3/c15-12-7-10(14(16,17)18)8-13(21-12)20-11-3-1-9(2-4-11)5-6-19/h1-4,7-8H,5H2,(H,20,21). The molecule has 2 rings (SSSR count). The first kappa shape index (κ1) is 15.1. The Balaban J connectivity index is 2.23. The number of nitrogens with one attached hydrogen (secondary N) is 1. The summed E-state index contributed by atoms with van der Waals surface area (Å²) < 4.78 is 38.0. The fourth-order valence-electron chi connectivity index (χ4n) is 1.67. The molecule has 1 aromatic heterocycles. The highest BCUT2D eigenvalue weighted by Crippen LogP contribution is 2.32. The molecule has 1 aromatic carbocycles. The van der Waals surface area contributed by atoms with Crippen molar-refractivity contribution in [2.45, 2.75) is 12.6 Å². The van der Waals surface area contributed by atoms with Crippen LogP contribution in [0.1, 0.15) is 11.1 Å². The van der Waals surface area contributed by atoms with E-state index in [2.05, 4.69) is 10.3 Å². The van der Waals surface area contributed by atoms with Gasteiger partial charge in [0.15, 0.2) is 0 Å². The Kier molecular flexibility index (Phi) is 4.34. The summed E-state index contributed by atoms with van der Waals surface area (Å²) in [5, 5.41) is 11.1. The lowest BCUT2D eigenvalue weighted by atomic mass is 10.1. The van der Waals surface area contributed by atoms with Crippen molar-refractivity contribution in [2.75, 3.05) is 5.32 Å². The third-order valence-corrected chi connectivity index (χ3v) is 2.82. The summed E-state index contributed by atoms with van der Waals surface area (Å²) in [5.74, 6) is 0.00265. The molecule has 7 heteroatoms. The van der Waals surface area contributed by atoms with Crippen LogP contribution in [0.3, 0.4) is 0 Å². The van der Waals surface area contributed by atoms with Crippen molar-refractivity contribution in [1.29, 1.82) is 5.26 Å². The van der Waals surface area contributed by atoms with Gasteiger partial charge in [-0.25, -0.2) is 4.98 Å².